The van der Waals surface area contributed by atoms with Gasteiger partial charge in [-0.1, -0.05) is 11.6 Å². The van der Waals surface area contributed by atoms with Crippen molar-refractivity contribution < 1.29 is 4.79 Å². The van der Waals surface area contributed by atoms with Crippen molar-refractivity contribution in [2.45, 2.75) is 0 Å². The standard InChI is InChI=1S/C10H13ClN4O/c1-15(2)10(16)9(12)14-13-8-5-3-7(11)4-6-8/h3-6,13H,1-2H3,(H2,12,14). The number of nitrogens with two attached hydrogens (primary N) is 1. The first-order chi connectivity index (χ1) is 7.50. The van der Waals surface area contributed by atoms with Crippen LogP contribution in [0, 0.1) is 0 Å². The number of nitrogens with zero attached hydrogens (tertiary/aromatic N) is 2. The summed E-state index contributed by atoms with van der Waals surface area (Å²) in [6, 6.07) is 6.89. The number of carbonyl (C=O) groups excluding carboxylic acids is 1. The van der Waals surface area contributed by atoms with E-state index in [2.05, 4.69) is 10.5 Å². The number of benzene rings is 1. The molecule has 0 aliphatic heterocycles. The second-order valence-electron chi connectivity index (χ2n) is 3.32. The van der Waals surface area contributed by atoms with Crippen molar-refractivity contribution in [3.63, 3.8) is 0 Å². The highest BCUT2D eigenvalue weighted by Crippen LogP contribution is 2.12. The Bertz CT molecular complexity index is 400. The Morgan fingerprint density at radius 1 is 1.38 bits per heavy atom. The third-order valence-electron chi connectivity index (χ3n) is 1.77. The number of amides is 1. The molecule has 1 rings (SSSR count). The Balaban J connectivity index is 2.66. The average molecular weight is 241 g/mol. The van der Waals surface area contributed by atoms with Crippen molar-refractivity contribution >= 4 is 29.0 Å². The second kappa shape index (κ2) is 5.37. The maximum atomic E-state index is 11.3. The summed E-state index contributed by atoms with van der Waals surface area (Å²) in [7, 11) is 3.21. The first-order valence-electron chi connectivity index (χ1n) is 4.57. The van der Waals surface area contributed by atoms with Crippen LogP contribution in [0.5, 0.6) is 0 Å². The topological polar surface area (TPSA) is 70.7 Å². The highest BCUT2D eigenvalue weighted by atomic mass is 35.5. The lowest BCUT2D eigenvalue weighted by atomic mass is 10.3. The maximum absolute atomic E-state index is 11.3. The zero-order valence-electron chi connectivity index (χ0n) is 9.07. The molecule has 0 bridgehead atoms. The number of rotatable bonds is 2. The van der Waals surface area contributed by atoms with Crippen molar-refractivity contribution in [3.05, 3.63) is 29.3 Å². The molecule has 16 heavy (non-hydrogen) atoms. The molecule has 3 N–H and O–H groups in total. The minimum atomic E-state index is -0.346. The summed E-state index contributed by atoms with van der Waals surface area (Å²) in [6.07, 6.45) is 0. The summed E-state index contributed by atoms with van der Waals surface area (Å²) in [4.78, 5) is 12.7. The fourth-order valence-electron chi connectivity index (χ4n) is 0.926. The average Bonchev–Trinajstić information content (AvgIpc) is 2.26. The normalized spacial score (nSPS) is 11.1. The molecule has 1 aromatic carbocycles. The van der Waals surface area contributed by atoms with E-state index in [0.29, 0.717) is 10.7 Å². The zero-order valence-corrected chi connectivity index (χ0v) is 9.82. The molecule has 0 saturated heterocycles. The summed E-state index contributed by atoms with van der Waals surface area (Å²) in [5, 5.41) is 4.39. The molecule has 0 aromatic heterocycles. The van der Waals surface area contributed by atoms with Gasteiger partial charge in [0.05, 0.1) is 5.69 Å². The van der Waals surface area contributed by atoms with Crippen LogP contribution in [0.15, 0.2) is 29.4 Å². The van der Waals surface area contributed by atoms with Crippen LogP contribution in [-0.4, -0.2) is 30.7 Å². The van der Waals surface area contributed by atoms with Gasteiger partial charge in [0.1, 0.15) is 0 Å². The molecule has 6 heteroatoms. The highest BCUT2D eigenvalue weighted by Gasteiger charge is 2.08. The van der Waals surface area contributed by atoms with Crippen LogP contribution >= 0.6 is 11.6 Å². The van der Waals surface area contributed by atoms with Crippen LogP contribution in [0.4, 0.5) is 5.69 Å². The molecular formula is C10H13ClN4O. The summed E-state index contributed by atoms with van der Waals surface area (Å²) >= 11 is 5.72. The third kappa shape index (κ3) is 3.43. The smallest absolute Gasteiger partial charge is 0.290 e. The molecule has 86 valence electrons. The van der Waals surface area contributed by atoms with Gasteiger partial charge in [-0.05, 0) is 24.3 Å². The van der Waals surface area contributed by atoms with Gasteiger partial charge in [-0.2, -0.15) is 5.10 Å². The molecule has 0 aliphatic carbocycles. The van der Waals surface area contributed by atoms with E-state index >= 15 is 0 Å². The molecule has 0 radical (unpaired) electrons. The second-order valence-corrected chi connectivity index (χ2v) is 3.75. The predicted octanol–water partition coefficient (Wildman–Crippen LogP) is 1.11. The molecule has 1 aromatic rings. The maximum Gasteiger partial charge on any atom is 0.290 e. The minimum absolute atomic E-state index is 0.0973. The van der Waals surface area contributed by atoms with Gasteiger partial charge in [0.15, 0.2) is 0 Å². The lowest BCUT2D eigenvalue weighted by Gasteiger charge is -2.09. The van der Waals surface area contributed by atoms with Gasteiger partial charge in [0, 0.05) is 19.1 Å². The minimum Gasteiger partial charge on any atom is -0.378 e. The van der Waals surface area contributed by atoms with Crippen molar-refractivity contribution in [2.24, 2.45) is 10.8 Å². The van der Waals surface area contributed by atoms with Gasteiger partial charge in [0.2, 0.25) is 5.84 Å². The van der Waals surface area contributed by atoms with Crippen LogP contribution in [0.3, 0.4) is 0 Å². The van der Waals surface area contributed by atoms with E-state index in [9.17, 15) is 4.79 Å². The molecule has 0 atom stereocenters. The fourth-order valence-corrected chi connectivity index (χ4v) is 1.05. The van der Waals surface area contributed by atoms with E-state index in [4.69, 9.17) is 17.3 Å². The van der Waals surface area contributed by atoms with Gasteiger partial charge >= 0.3 is 0 Å². The first kappa shape index (κ1) is 12.3. The number of halogens is 1. The van der Waals surface area contributed by atoms with E-state index in [1.54, 1.807) is 38.4 Å². The van der Waals surface area contributed by atoms with Gasteiger partial charge < -0.3 is 10.6 Å². The van der Waals surface area contributed by atoms with Crippen molar-refractivity contribution in [3.8, 4) is 0 Å². The van der Waals surface area contributed by atoms with E-state index in [1.165, 1.54) is 4.90 Å². The number of hydrogen-bond donors (Lipinski definition) is 2. The molecule has 0 aliphatic rings. The van der Waals surface area contributed by atoms with Crippen LogP contribution in [0.2, 0.25) is 5.02 Å². The number of likely N-dealkylation sites (N-methyl/N-ethyl adjacent to an activating group) is 1. The number of hydrogen-bond acceptors (Lipinski definition) is 3. The summed E-state index contributed by atoms with van der Waals surface area (Å²) < 4.78 is 0. The van der Waals surface area contributed by atoms with Gasteiger partial charge in [-0.25, -0.2) is 0 Å². The Hall–Kier alpha value is -1.75. The third-order valence-corrected chi connectivity index (χ3v) is 2.03. The summed E-state index contributed by atoms with van der Waals surface area (Å²) in [5.74, 6) is -0.443. The van der Waals surface area contributed by atoms with Gasteiger partial charge in [-0.15, -0.1) is 0 Å². The molecule has 1 amide bonds. The van der Waals surface area contributed by atoms with Gasteiger partial charge in [-0.3, -0.25) is 10.2 Å². The number of anilines is 1. The predicted molar refractivity (Wildman–Crippen MR) is 65.4 cm³/mol. The molecule has 0 saturated carbocycles. The van der Waals surface area contributed by atoms with E-state index in [0.717, 1.165) is 0 Å². The molecule has 0 fully saturated rings. The number of amidine groups is 1. The monoisotopic (exact) mass is 240 g/mol. The number of nitrogens with one attached hydrogen (secondary N) is 1. The largest absolute Gasteiger partial charge is 0.378 e. The van der Waals surface area contributed by atoms with Crippen molar-refractivity contribution in [2.75, 3.05) is 19.5 Å². The Morgan fingerprint density at radius 2 is 1.94 bits per heavy atom. The molecule has 0 heterocycles. The SMILES string of the molecule is CN(C)C(=O)/C(N)=N/Nc1ccc(Cl)cc1. The van der Waals surface area contributed by atoms with Crippen LogP contribution in [0.1, 0.15) is 0 Å². The molecule has 0 spiro atoms. The van der Waals surface area contributed by atoms with E-state index in [1.807, 2.05) is 0 Å². The van der Waals surface area contributed by atoms with Crippen LogP contribution in [-0.2, 0) is 4.79 Å². The van der Waals surface area contributed by atoms with Gasteiger partial charge in [0.25, 0.3) is 5.91 Å². The summed E-state index contributed by atoms with van der Waals surface area (Å²) in [6.45, 7) is 0. The fraction of sp³-hybridized carbons (Fsp3) is 0.200. The Morgan fingerprint density at radius 3 is 2.44 bits per heavy atom. The molecule has 5 nitrogen and oxygen atoms in total. The van der Waals surface area contributed by atoms with E-state index in [-0.39, 0.29) is 11.7 Å². The lowest BCUT2D eigenvalue weighted by Crippen LogP contribution is -2.35. The van der Waals surface area contributed by atoms with Crippen molar-refractivity contribution in [1.29, 1.82) is 0 Å². The molecule has 0 unspecified atom stereocenters. The quantitative estimate of drug-likeness (QED) is 0.462. The summed E-state index contributed by atoms with van der Waals surface area (Å²) in [5.41, 5.74) is 8.84. The number of carbonyl (C=O) groups is 1. The van der Waals surface area contributed by atoms with Crippen molar-refractivity contribution in [1.82, 2.24) is 4.90 Å². The molecular weight excluding hydrogens is 228 g/mol. The first-order valence-corrected chi connectivity index (χ1v) is 4.95. The highest BCUT2D eigenvalue weighted by molar-refractivity contribution is 6.37. The zero-order chi connectivity index (χ0) is 12.1. The Labute approximate surface area is 98.9 Å². The lowest BCUT2D eigenvalue weighted by molar-refractivity contribution is -0.121. The van der Waals surface area contributed by atoms with E-state index < -0.39 is 0 Å². The van der Waals surface area contributed by atoms with Crippen LogP contribution in [0.25, 0.3) is 0 Å². The number of hydrazone groups is 1. The van der Waals surface area contributed by atoms with Crippen LogP contribution < -0.4 is 11.2 Å². The Kier molecular flexibility index (Phi) is 4.13.